The summed E-state index contributed by atoms with van der Waals surface area (Å²) < 4.78 is 3.30. The molecule has 0 saturated carbocycles. The van der Waals surface area contributed by atoms with Crippen molar-refractivity contribution in [3.05, 3.63) is 51.4 Å². The van der Waals surface area contributed by atoms with Gasteiger partial charge in [0, 0.05) is 28.6 Å². The second-order valence-electron chi connectivity index (χ2n) is 5.01. The molecule has 0 amide bonds. The second kappa shape index (κ2) is 7.78. The predicted molar refractivity (Wildman–Crippen MR) is 91.7 cm³/mol. The van der Waals surface area contributed by atoms with E-state index < -0.39 is 0 Å². The van der Waals surface area contributed by atoms with Crippen molar-refractivity contribution in [3.8, 4) is 0 Å². The van der Waals surface area contributed by atoms with Crippen molar-refractivity contribution in [2.75, 3.05) is 6.54 Å². The third kappa shape index (κ3) is 4.06. The molecule has 0 aliphatic rings. The van der Waals surface area contributed by atoms with E-state index in [9.17, 15) is 0 Å². The van der Waals surface area contributed by atoms with E-state index in [1.165, 1.54) is 14.8 Å². The number of benzene rings is 1. The summed E-state index contributed by atoms with van der Waals surface area (Å²) in [6.45, 7) is 3.27. The standard InChI is InChI=1S/C16H22IN3/c1-3-11-18-16(14-6-4-5-7-15(14)17)9-8-13-10-12-19-20(13)2/h4-7,10,12,16,18H,3,8-9,11H2,1-2H3. The maximum atomic E-state index is 4.24. The van der Waals surface area contributed by atoms with Gasteiger partial charge in [-0.05, 0) is 66.1 Å². The quantitative estimate of drug-likeness (QED) is 0.739. The molecule has 0 aliphatic heterocycles. The molecular weight excluding hydrogens is 361 g/mol. The highest BCUT2D eigenvalue weighted by atomic mass is 127. The third-order valence-corrected chi connectivity index (χ3v) is 4.52. The number of halogens is 1. The minimum absolute atomic E-state index is 0.415. The fourth-order valence-electron chi connectivity index (χ4n) is 2.38. The Labute approximate surface area is 134 Å². The van der Waals surface area contributed by atoms with Crippen LogP contribution in [0.15, 0.2) is 36.5 Å². The van der Waals surface area contributed by atoms with Crippen molar-refractivity contribution < 1.29 is 0 Å². The van der Waals surface area contributed by atoms with Crippen molar-refractivity contribution in [2.24, 2.45) is 7.05 Å². The van der Waals surface area contributed by atoms with Crippen LogP contribution in [0.1, 0.15) is 37.1 Å². The normalized spacial score (nSPS) is 12.6. The van der Waals surface area contributed by atoms with E-state index in [1.54, 1.807) is 0 Å². The molecule has 0 fully saturated rings. The molecule has 1 unspecified atom stereocenters. The van der Waals surface area contributed by atoms with Gasteiger partial charge in [-0.2, -0.15) is 5.10 Å². The van der Waals surface area contributed by atoms with Gasteiger partial charge >= 0.3 is 0 Å². The first-order valence-electron chi connectivity index (χ1n) is 7.17. The van der Waals surface area contributed by atoms with Crippen molar-refractivity contribution in [1.29, 1.82) is 0 Å². The zero-order valence-electron chi connectivity index (χ0n) is 12.1. The fraction of sp³-hybridized carbons (Fsp3) is 0.438. The largest absolute Gasteiger partial charge is 0.310 e. The zero-order valence-corrected chi connectivity index (χ0v) is 14.3. The molecule has 3 nitrogen and oxygen atoms in total. The van der Waals surface area contributed by atoms with E-state index in [-0.39, 0.29) is 0 Å². The summed E-state index contributed by atoms with van der Waals surface area (Å²) >= 11 is 2.43. The van der Waals surface area contributed by atoms with Crippen molar-refractivity contribution in [3.63, 3.8) is 0 Å². The Kier molecular flexibility index (Phi) is 6.04. The molecule has 1 atom stereocenters. The molecule has 4 heteroatoms. The zero-order chi connectivity index (χ0) is 14.4. The third-order valence-electron chi connectivity index (χ3n) is 3.53. The lowest BCUT2D eigenvalue weighted by Gasteiger charge is -2.20. The molecule has 20 heavy (non-hydrogen) atoms. The summed E-state index contributed by atoms with van der Waals surface area (Å²) in [7, 11) is 2.01. The molecule has 0 aliphatic carbocycles. The Morgan fingerprint density at radius 1 is 1.30 bits per heavy atom. The number of hydrogen-bond acceptors (Lipinski definition) is 2. The van der Waals surface area contributed by atoms with E-state index >= 15 is 0 Å². The monoisotopic (exact) mass is 383 g/mol. The van der Waals surface area contributed by atoms with Gasteiger partial charge in [0.15, 0.2) is 0 Å². The van der Waals surface area contributed by atoms with Crippen LogP contribution in [0.4, 0.5) is 0 Å². The summed E-state index contributed by atoms with van der Waals surface area (Å²) in [5.74, 6) is 0. The summed E-state index contributed by atoms with van der Waals surface area (Å²) in [5.41, 5.74) is 2.70. The first-order valence-corrected chi connectivity index (χ1v) is 8.25. The SMILES string of the molecule is CCCNC(CCc1ccnn1C)c1ccccc1I. The van der Waals surface area contributed by atoms with Crippen LogP contribution in [-0.2, 0) is 13.5 Å². The predicted octanol–water partition coefficient (Wildman–Crippen LogP) is 3.70. The van der Waals surface area contributed by atoms with E-state index in [4.69, 9.17) is 0 Å². The van der Waals surface area contributed by atoms with Crippen LogP contribution >= 0.6 is 22.6 Å². The smallest absolute Gasteiger partial charge is 0.0492 e. The minimum Gasteiger partial charge on any atom is -0.310 e. The first-order chi connectivity index (χ1) is 9.72. The van der Waals surface area contributed by atoms with Gasteiger partial charge in [-0.25, -0.2) is 0 Å². The Balaban J connectivity index is 2.08. The number of aryl methyl sites for hydroxylation is 2. The summed E-state index contributed by atoms with van der Waals surface area (Å²) in [5, 5.41) is 7.92. The van der Waals surface area contributed by atoms with E-state index in [0.717, 1.165) is 25.8 Å². The summed E-state index contributed by atoms with van der Waals surface area (Å²) in [6.07, 6.45) is 5.17. The molecule has 2 rings (SSSR count). The fourth-order valence-corrected chi connectivity index (χ4v) is 3.15. The van der Waals surface area contributed by atoms with Crippen LogP contribution in [0.2, 0.25) is 0 Å². The number of aromatic nitrogens is 2. The molecule has 1 heterocycles. The lowest BCUT2D eigenvalue weighted by molar-refractivity contribution is 0.490. The average molecular weight is 383 g/mol. The van der Waals surface area contributed by atoms with Crippen LogP contribution in [-0.4, -0.2) is 16.3 Å². The number of nitrogens with one attached hydrogen (secondary N) is 1. The van der Waals surface area contributed by atoms with Crippen LogP contribution in [0.5, 0.6) is 0 Å². The van der Waals surface area contributed by atoms with E-state index in [2.05, 4.69) is 70.3 Å². The van der Waals surface area contributed by atoms with Gasteiger partial charge in [-0.1, -0.05) is 25.1 Å². The molecule has 108 valence electrons. The first kappa shape index (κ1) is 15.5. The Hall–Kier alpha value is -0.880. The number of rotatable bonds is 7. The topological polar surface area (TPSA) is 29.9 Å². The molecule has 0 saturated heterocycles. The highest BCUT2D eigenvalue weighted by molar-refractivity contribution is 14.1. The van der Waals surface area contributed by atoms with E-state index in [1.807, 2.05) is 17.9 Å². The van der Waals surface area contributed by atoms with Crippen molar-refractivity contribution >= 4 is 22.6 Å². The highest BCUT2D eigenvalue weighted by Crippen LogP contribution is 2.24. The molecule has 0 radical (unpaired) electrons. The average Bonchev–Trinajstić information content (AvgIpc) is 2.86. The summed E-state index contributed by atoms with van der Waals surface area (Å²) in [4.78, 5) is 0. The maximum absolute atomic E-state index is 4.24. The van der Waals surface area contributed by atoms with Crippen molar-refractivity contribution in [1.82, 2.24) is 15.1 Å². The van der Waals surface area contributed by atoms with Crippen LogP contribution in [0, 0.1) is 3.57 Å². The summed E-state index contributed by atoms with van der Waals surface area (Å²) in [6, 6.07) is 11.2. The molecule has 1 N–H and O–H groups in total. The molecular formula is C16H22IN3. The van der Waals surface area contributed by atoms with E-state index in [0.29, 0.717) is 6.04 Å². The van der Waals surface area contributed by atoms with Crippen LogP contribution in [0.25, 0.3) is 0 Å². The molecule has 0 spiro atoms. The van der Waals surface area contributed by atoms with Gasteiger partial charge in [-0.15, -0.1) is 0 Å². The minimum atomic E-state index is 0.415. The van der Waals surface area contributed by atoms with Gasteiger partial charge in [0.1, 0.15) is 0 Å². The van der Waals surface area contributed by atoms with Gasteiger partial charge in [0.05, 0.1) is 0 Å². The molecule has 0 bridgehead atoms. The second-order valence-corrected chi connectivity index (χ2v) is 6.18. The Morgan fingerprint density at radius 2 is 2.10 bits per heavy atom. The van der Waals surface area contributed by atoms with Gasteiger partial charge in [0.2, 0.25) is 0 Å². The number of nitrogens with zero attached hydrogens (tertiary/aromatic N) is 2. The highest BCUT2D eigenvalue weighted by Gasteiger charge is 2.14. The molecule has 2 aromatic rings. The van der Waals surface area contributed by atoms with Gasteiger partial charge in [0.25, 0.3) is 0 Å². The molecule has 1 aromatic heterocycles. The van der Waals surface area contributed by atoms with Crippen molar-refractivity contribution in [2.45, 2.75) is 32.2 Å². The van der Waals surface area contributed by atoms with Gasteiger partial charge < -0.3 is 5.32 Å². The van der Waals surface area contributed by atoms with Gasteiger partial charge in [-0.3, -0.25) is 4.68 Å². The lowest BCUT2D eigenvalue weighted by Crippen LogP contribution is -2.23. The lowest BCUT2D eigenvalue weighted by atomic mass is 10.0. The Bertz CT molecular complexity index is 536. The molecule has 1 aromatic carbocycles. The maximum Gasteiger partial charge on any atom is 0.0492 e. The van der Waals surface area contributed by atoms with Crippen LogP contribution < -0.4 is 5.32 Å². The Morgan fingerprint density at radius 3 is 2.75 bits per heavy atom. The number of hydrogen-bond donors (Lipinski definition) is 1. The van der Waals surface area contributed by atoms with Crippen LogP contribution in [0.3, 0.4) is 0 Å².